The predicted molar refractivity (Wildman–Crippen MR) is 118 cm³/mol. The Balaban J connectivity index is 2.41. The normalized spacial score (nSPS) is 18.3. The summed E-state index contributed by atoms with van der Waals surface area (Å²) in [6.07, 6.45) is 2.09. The monoisotopic (exact) mass is 370 g/mol. The van der Waals surface area contributed by atoms with Crippen molar-refractivity contribution in [2.24, 2.45) is 16.3 Å². The van der Waals surface area contributed by atoms with Crippen molar-refractivity contribution < 1.29 is 4.74 Å². The number of hydrogen-bond donors (Lipinski definition) is 1. The first-order valence-electron chi connectivity index (χ1n) is 10.3. The molecule has 0 saturated carbocycles. The van der Waals surface area contributed by atoms with E-state index in [-0.39, 0.29) is 11.5 Å². The number of aliphatic imine (C=N–C) groups is 1. The van der Waals surface area contributed by atoms with Gasteiger partial charge in [-0.15, -0.1) is 0 Å². The molecular weight excluding hydrogens is 332 g/mol. The smallest absolute Gasteiger partial charge is 0.210 e. The summed E-state index contributed by atoms with van der Waals surface area (Å²) in [6.45, 7) is 20.7. The van der Waals surface area contributed by atoms with Gasteiger partial charge in [-0.05, 0) is 34.3 Å². The third-order valence-corrected chi connectivity index (χ3v) is 5.22. The molecule has 0 amide bonds. The van der Waals surface area contributed by atoms with Crippen LogP contribution in [0.1, 0.15) is 85.3 Å². The number of hydrogen-bond acceptors (Lipinski definition) is 3. The van der Waals surface area contributed by atoms with Crippen LogP contribution in [0.5, 0.6) is 0 Å². The minimum absolute atomic E-state index is 0.121. The van der Waals surface area contributed by atoms with Gasteiger partial charge in [0, 0.05) is 17.5 Å². The molecule has 1 aliphatic heterocycles. The van der Waals surface area contributed by atoms with Crippen molar-refractivity contribution in [3.8, 4) is 0 Å². The fourth-order valence-corrected chi connectivity index (χ4v) is 3.23. The van der Waals surface area contributed by atoms with Crippen LogP contribution in [0.25, 0.3) is 0 Å². The van der Waals surface area contributed by atoms with Crippen LogP contribution in [0.2, 0.25) is 0 Å². The molecule has 0 fully saturated rings. The molecule has 2 rings (SSSR count). The number of benzene rings is 1. The fraction of sp³-hybridized carbons (Fsp3) is 0.625. The standard InChI is InChI=1S/C24H38N2O/c1-15(2)18-11-10-12-19(16(3)4)23(18)25-20(17(5)6)13-22-26-21(14-27-22)24(7,8)9/h10-13,15-17,21,25H,14H2,1-9H3/b20-13-/t21-/m1/s1. The average Bonchev–Trinajstić information content (AvgIpc) is 3.02. The number of allylic oxidation sites excluding steroid dienone is 1. The number of nitrogens with one attached hydrogen (secondary N) is 1. The summed E-state index contributed by atoms with van der Waals surface area (Å²) in [5.41, 5.74) is 5.23. The lowest BCUT2D eigenvalue weighted by Gasteiger charge is -2.23. The van der Waals surface area contributed by atoms with Gasteiger partial charge >= 0.3 is 0 Å². The van der Waals surface area contributed by atoms with Crippen molar-refractivity contribution >= 4 is 11.6 Å². The van der Waals surface area contributed by atoms with E-state index in [0.717, 1.165) is 11.6 Å². The molecule has 1 heterocycles. The van der Waals surface area contributed by atoms with E-state index in [1.165, 1.54) is 16.8 Å². The molecule has 0 bridgehead atoms. The van der Waals surface area contributed by atoms with E-state index in [0.29, 0.717) is 24.4 Å². The van der Waals surface area contributed by atoms with Crippen LogP contribution < -0.4 is 5.32 Å². The van der Waals surface area contributed by atoms with Crippen molar-refractivity contribution in [3.63, 3.8) is 0 Å². The molecule has 0 unspecified atom stereocenters. The minimum atomic E-state index is 0.121. The van der Waals surface area contributed by atoms with E-state index in [1.807, 2.05) is 0 Å². The van der Waals surface area contributed by atoms with E-state index >= 15 is 0 Å². The lowest BCUT2D eigenvalue weighted by atomic mass is 9.88. The van der Waals surface area contributed by atoms with Crippen molar-refractivity contribution in [2.75, 3.05) is 11.9 Å². The third kappa shape index (κ3) is 5.37. The van der Waals surface area contributed by atoms with Gasteiger partial charge in [0.1, 0.15) is 6.61 Å². The lowest BCUT2D eigenvalue weighted by molar-refractivity contribution is 0.236. The van der Waals surface area contributed by atoms with Gasteiger partial charge in [-0.25, -0.2) is 4.99 Å². The molecule has 1 N–H and O–H groups in total. The van der Waals surface area contributed by atoms with Crippen molar-refractivity contribution in [1.82, 2.24) is 0 Å². The predicted octanol–water partition coefficient (Wildman–Crippen LogP) is 6.73. The van der Waals surface area contributed by atoms with Gasteiger partial charge in [0.15, 0.2) is 0 Å². The van der Waals surface area contributed by atoms with E-state index in [1.54, 1.807) is 0 Å². The SMILES string of the molecule is CC(C)/C(=C/C1=N[C@@H](C(C)(C)C)CO1)Nc1c(C(C)C)cccc1C(C)C. The van der Waals surface area contributed by atoms with Crippen LogP contribution in [0, 0.1) is 11.3 Å². The lowest BCUT2D eigenvalue weighted by Crippen LogP contribution is -2.25. The van der Waals surface area contributed by atoms with Gasteiger partial charge < -0.3 is 10.1 Å². The zero-order valence-corrected chi connectivity index (χ0v) is 18.7. The molecule has 1 aromatic rings. The summed E-state index contributed by atoms with van der Waals surface area (Å²) >= 11 is 0. The Bertz CT molecular complexity index is 679. The van der Waals surface area contributed by atoms with Crippen molar-refractivity contribution in [2.45, 2.75) is 80.2 Å². The largest absolute Gasteiger partial charge is 0.476 e. The highest BCUT2D eigenvalue weighted by atomic mass is 16.5. The van der Waals surface area contributed by atoms with Crippen LogP contribution in [-0.4, -0.2) is 18.5 Å². The number of nitrogens with zero attached hydrogens (tertiary/aromatic N) is 1. The summed E-state index contributed by atoms with van der Waals surface area (Å²) in [7, 11) is 0. The van der Waals surface area contributed by atoms with Crippen molar-refractivity contribution in [1.29, 1.82) is 0 Å². The average molecular weight is 371 g/mol. The van der Waals surface area contributed by atoms with E-state index in [2.05, 4.69) is 91.9 Å². The zero-order valence-electron chi connectivity index (χ0n) is 18.7. The topological polar surface area (TPSA) is 33.6 Å². The first-order chi connectivity index (χ1) is 12.5. The molecule has 1 aromatic carbocycles. The molecule has 1 atom stereocenters. The van der Waals surface area contributed by atoms with Gasteiger partial charge in [-0.2, -0.15) is 0 Å². The third-order valence-electron chi connectivity index (χ3n) is 5.22. The number of para-hydroxylation sites is 1. The number of rotatable bonds is 6. The maximum absolute atomic E-state index is 5.90. The van der Waals surface area contributed by atoms with Crippen LogP contribution in [0.15, 0.2) is 35.0 Å². The maximum Gasteiger partial charge on any atom is 0.210 e. The van der Waals surface area contributed by atoms with E-state index in [4.69, 9.17) is 9.73 Å². The highest BCUT2D eigenvalue weighted by Gasteiger charge is 2.29. The second-order valence-electron chi connectivity index (χ2n) is 9.66. The Labute approximate surface area is 166 Å². The van der Waals surface area contributed by atoms with Crippen LogP contribution in [0.3, 0.4) is 0 Å². The molecule has 3 heteroatoms. The summed E-state index contributed by atoms with van der Waals surface area (Å²) in [6, 6.07) is 6.85. The summed E-state index contributed by atoms with van der Waals surface area (Å²) in [5, 5.41) is 3.76. The number of ether oxygens (including phenoxy) is 1. The van der Waals surface area contributed by atoms with Gasteiger partial charge in [-0.1, -0.05) is 80.5 Å². The maximum atomic E-state index is 5.90. The highest BCUT2D eigenvalue weighted by Crippen LogP contribution is 2.34. The van der Waals surface area contributed by atoms with Crippen LogP contribution >= 0.6 is 0 Å². The van der Waals surface area contributed by atoms with Gasteiger partial charge in [0.05, 0.1) is 6.04 Å². The first-order valence-corrected chi connectivity index (χ1v) is 10.3. The molecule has 27 heavy (non-hydrogen) atoms. The molecule has 0 saturated heterocycles. The molecule has 0 spiro atoms. The zero-order chi connectivity index (χ0) is 20.4. The van der Waals surface area contributed by atoms with Gasteiger partial charge in [0.2, 0.25) is 5.90 Å². The Kier molecular flexibility index (Phi) is 6.77. The summed E-state index contributed by atoms with van der Waals surface area (Å²) in [5.74, 6) is 2.03. The van der Waals surface area contributed by atoms with Crippen LogP contribution in [-0.2, 0) is 4.74 Å². The molecule has 0 aliphatic carbocycles. The molecule has 150 valence electrons. The molecule has 0 aromatic heterocycles. The fourth-order valence-electron chi connectivity index (χ4n) is 3.23. The summed E-state index contributed by atoms with van der Waals surface area (Å²) in [4.78, 5) is 4.82. The molecule has 0 radical (unpaired) electrons. The Morgan fingerprint density at radius 3 is 2.04 bits per heavy atom. The van der Waals surface area contributed by atoms with Crippen molar-refractivity contribution in [3.05, 3.63) is 41.1 Å². The molecule has 3 nitrogen and oxygen atoms in total. The van der Waals surface area contributed by atoms with Gasteiger partial charge in [-0.3, -0.25) is 0 Å². The van der Waals surface area contributed by atoms with Gasteiger partial charge in [0.25, 0.3) is 0 Å². The first kappa shape index (κ1) is 21.5. The van der Waals surface area contributed by atoms with E-state index < -0.39 is 0 Å². The number of anilines is 1. The van der Waals surface area contributed by atoms with E-state index in [9.17, 15) is 0 Å². The Hall–Kier alpha value is -1.77. The minimum Gasteiger partial charge on any atom is -0.476 e. The second kappa shape index (κ2) is 8.50. The quantitative estimate of drug-likeness (QED) is 0.602. The molecular formula is C24H38N2O. The Morgan fingerprint density at radius 1 is 1.07 bits per heavy atom. The van der Waals surface area contributed by atoms with Crippen LogP contribution in [0.4, 0.5) is 5.69 Å². The summed E-state index contributed by atoms with van der Waals surface area (Å²) < 4.78 is 5.90. The molecule has 1 aliphatic rings. The Morgan fingerprint density at radius 2 is 1.63 bits per heavy atom. The second-order valence-corrected chi connectivity index (χ2v) is 9.66. The highest BCUT2D eigenvalue weighted by molar-refractivity contribution is 5.90.